The molecule has 0 atom stereocenters. The van der Waals surface area contributed by atoms with E-state index < -0.39 is 9.84 Å². The van der Waals surface area contributed by atoms with Crippen LogP contribution in [-0.4, -0.2) is 33.7 Å². The lowest BCUT2D eigenvalue weighted by atomic mass is 10.1. The Balaban J connectivity index is 0.00000420. The van der Waals surface area contributed by atoms with Gasteiger partial charge in [0, 0.05) is 19.3 Å². The molecule has 0 aliphatic heterocycles. The van der Waals surface area contributed by atoms with Crippen LogP contribution < -0.4 is 10.6 Å². The van der Waals surface area contributed by atoms with E-state index in [2.05, 4.69) is 15.6 Å². The van der Waals surface area contributed by atoms with E-state index in [1.165, 1.54) is 12.3 Å². The molecule has 2 N–H and O–H groups in total. The average molecular weight is 533 g/mol. The number of nitrogens with zero attached hydrogens (tertiary/aromatic N) is 1. The SMILES string of the molecule is CCNC(=NCc1ccc(CS(C)(=O)=O)cc1)NCCc1ccc(F)cc1C.I. The third-order valence-corrected chi connectivity index (χ3v) is 5.06. The third-order valence-electron chi connectivity index (χ3n) is 4.21. The standard InChI is InChI=1S/C21H28FN3O2S.HI/c1-4-23-21(24-12-11-19-9-10-20(22)13-16(19)2)25-14-17-5-7-18(8-6-17)15-28(3,26)27;/h5-10,13H,4,11-12,14-15H2,1-3H3,(H2,23,24,25);1H. The van der Waals surface area contributed by atoms with Crippen LogP contribution in [0, 0.1) is 12.7 Å². The number of hydrogen-bond donors (Lipinski definition) is 2. The van der Waals surface area contributed by atoms with Gasteiger partial charge in [0.2, 0.25) is 0 Å². The molecule has 0 aromatic heterocycles. The van der Waals surface area contributed by atoms with Gasteiger partial charge < -0.3 is 10.6 Å². The van der Waals surface area contributed by atoms with E-state index in [-0.39, 0.29) is 35.5 Å². The molecule has 0 saturated carbocycles. The zero-order valence-electron chi connectivity index (χ0n) is 17.0. The number of hydrogen-bond acceptors (Lipinski definition) is 3. The van der Waals surface area contributed by atoms with Crippen LogP contribution in [0.15, 0.2) is 47.5 Å². The summed E-state index contributed by atoms with van der Waals surface area (Å²) < 4.78 is 35.9. The summed E-state index contributed by atoms with van der Waals surface area (Å²) in [6, 6.07) is 12.3. The Hall–Kier alpha value is -1.68. The van der Waals surface area contributed by atoms with Crippen molar-refractivity contribution in [1.82, 2.24) is 10.6 Å². The molecule has 0 aliphatic carbocycles. The smallest absolute Gasteiger partial charge is 0.191 e. The molecule has 0 aliphatic rings. The first-order chi connectivity index (χ1) is 13.3. The van der Waals surface area contributed by atoms with Crippen LogP contribution in [0.4, 0.5) is 4.39 Å². The van der Waals surface area contributed by atoms with Gasteiger partial charge in [-0.3, -0.25) is 0 Å². The predicted octanol–water partition coefficient (Wildman–Crippen LogP) is 3.59. The lowest BCUT2D eigenvalue weighted by molar-refractivity contribution is 0.601. The number of halogens is 2. The zero-order valence-corrected chi connectivity index (χ0v) is 20.2. The molecule has 2 aromatic carbocycles. The molecule has 8 heteroatoms. The Morgan fingerprint density at radius 3 is 2.31 bits per heavy atom. The van der Waals surface area contributed by atoms with Crippen molar-refractivity contribution in [2.75, 3.05) is 19.3 Å². The van der Waals surface area contributed by atoms with Gasteiger partial charge in [0.25, 0.3) is 0 Å². The van der Waals surface area contributed by atoms with Crippen LogP contribution in [0.1, 0.15) is 29.2 Å². The van der Waals surface area contributed by atoms with Crippen molar-refractivity contribution in [3.05, 3.63) is 70.5 Å². The Kier molecular flexibility index (Phi) is 10.6. The second kappa shape index (κ2) is 12.1. The highest BCUT2D eigenvalue weighted by atomic mass is 127. The van der Waals surface area contributed by atoms with Gasteiger partial charge in [0.1, 0.15) is 5.82 Å². The van der Waals surface area contributed by atoms with Crippen LogP contribution in [0.3, 0.4) is 0 Å². The van der Waals surface area contributed by atoms with Gasteiger partial charge in [0.05, 0.1) is 12.3 Å². The third kappa shape index (κ3) is 9.58. The number of aryl methyl sites for hydroxylation is 1. The Morgan fingerprint density at radius 2 is 1.72 bits per heavy atom. The summed E-state index contributed by atoms with van der Waals surface area (Å²) in [5, 5.41) is 6.49. The zero-order chi connectivity index (χ0) is 20.6. The lowest BCUT2D eigenvalue weighted by Crippen LogP contribution is -2.38. The fourth-order valence-corrected chi connectivity index (χ4v) is 3.61. The van der Waals surface area contributed by atoms with Gasteiger partial charge in [-0.05, 0) is 54.7 Å². The molecule has 2 rings (SSSR count). The Morgan fingerprint density at radius 1 is 1.07 bits per heavy atom. The molecular weight excluding hydrogens is 504 g/mol. The maximum atomic E-state index is 13.2. The number of aliphatic imine (C=N–C) groups is 1. The lowest BCUT2D eigenvalue weighted by Gasteiger charge is -2.12. The van der Waals surface area contributed by atoms with E-state index in [1.54, 1.807) is 6.07 Å². The van der Waals surface area contributed by atoms with Crippen LogP contribution in [0.2, 0.25) is 0 Å². The molecule has 0 amide bonds. The minimum Gasteiger partial charge on any atom is -0.357 e. The Labute approximate surface area is 190 Å². The Bertz CT molecular complexity index is 916. The monoisotopic (exact) mass is 533 g/mol. The van der Waals surface area contributed by atoms with Crippen molar-refractivity contribution in [1.29, 1.82) is 0 Å². The summed E-state index contributed by atoms with van der Waals surface area (Å²) in [5.74, 6) is 0.540. The highest BCUT2D eigenvalue weighted by Gasteiger charge is 2.05. The van der Waals surface area contributed by atoms with E-state index in [0.29, 0.717) is 19.0 Å². The highest BCUT2D eigenvalue weighted by Crippen LogP contribution is 2.11. The largest absolute Gasteiger partial charge is 0.357 e. The first-order valence-electron chi connectivity index (χ1n) is 9.29. The summed E-state index contributed by atoms with van der Waals surface area (Å²) in [5.41, 5.74) is 3.82. The number of sulfone groups is 1. The van der Waals surface area contributed by atoms with E-state index in [9.17, 15) is 12.8 Å². The topological polar surface area (TPSA) is 70.6 Å². The maximum Gasteiger partial charge on any atom is 0.191 e. The average Bonchev–Trinajstić information content (AvgIpc) is 2.61. The number of benzene rings is 2. The van der Waals surface area contributed by atoms with E-state index >= 15 is 0 Å². The molecule has 2 aromatic rings. The predicted molar refractivity (Wildman–Crippen MR) is 128 cm³/mol. The molecule has 29 heavy (non-hydrogen) atoms. The van der Waals surface area contributed by atoms with Gasteiger partial charge in [0.15, 0.2) is 15.8 Å². The molecule has 0 radical (unpaired) electrons. The number of guanidine groups is 1. The van der Waals surface area contributed by atoms with Crippen molar-refractivity contribution in [3.63, 3.8) is 0 Å². The maximum absolute atomic E-state index is 13.2. The van der Waals surface area contributed by atoms with E-state index in [1.807, 2.05) is 44.2 Å². The molecule has 0 bridgehead atoms. The summed E-state index contributed by atoms with van der Waals surface area (Å²) >= 11 is 0. The van der Waals surface area contributed by atoms with Crippen molar-refractivity contribution in [2.45, 2.75) is 32.6 Å². The summed E-state index contributed by atoms with van der Waals surface area (Å²) in [4.78, 5) is 4.57. The molecule has 0 heterocycles. The van der Waals surface area contributed by atoms with Crippen molar-refractivity contribution >= 4 is 39.8 Å². The summed E-state index contributed by atoms with van der Waals surface area (Å²) in [6.07, 6.45) is 2.00. The van der Waals surface area contributed by atoms with E-state index in [4.69, 9.17) is 0 Å². The first kappa shape index (κ1) is 25.4. The van der Waals surface area contributed by atoms with Gasteiger partial charge in [-0.15, -0.1) is 24.0 Å². The fraction of sp³-hybridized carbons (Fsp3) is 0.381. The van der Waals surface area contributed by atoms with Crippen LogP contribution in [0.25, 0.3) is 0 Å². The quantitative estimate of drug-likeness (QED) is 0.309. The van der Waals surface area contributed by atoms with Crippen molar-refractivity contribution < 1.29 is 12.8 Å². The van der Waals surface area contributed by atoms with Crippen LogP contribution in [0.5, 0.6) is 0 Å². The van der Waals surface area contributed by atoms with Gasteiger partial charge in [-0.2, -0.15) is 0 Å². The molecular formula is C21H29FIN3O2S. The van der Waals surface area contributed by atoms with Gasteiger partial charge in [-0.1, -0.05) is 30.3 Å². The van der Waals surface area contributed by atoms with Gasteiger partial charge in [-0.25, -0.2) is 17.8 Å². The molecule has 0 spiro atoms. The molecule has 0 fully saturated rings. The first-order valence-corrected chi connectivity index (χ1v) is 11.4. The second-order valence-corrected chi connectivity index (χ2v) is 8.97. The van der Waals surface area contributed by atoms with E-state index in [0.717, 1.165) is 35.2 Å². The van der Waals surface area contributed by atoms with Crippen LogP contribution >= 0.6 is 24.0 Å². The summed E-state index contributed by atoms with van der Waals surface area (Å²) in [7, 11) is -3.03. The fourth-order valence-electron chi connectivity index (χ4n) is 2.81. The minimum absolute atomic E-state index is 0. The van der Waals surface area contributed by atoms with Crippen LogP contribution in [-0.2, 0) is 28.6 Å². The number of nitrogens with one attached hydrogen (secondary N) is 2. The molecule has 5 nitrogen and oxygen atoms in total. The summed E-state index contributed by atoms with van der Waals surface area (Å²) in [6.45, 7) is 5.83. The molecule has 160 valence electrons. The minimum atomic E-state index is -3.03. The highest BCUT2D eigenvalue weighted by molar-refractivity contribution is 14.0. The normalized spacial score (nSPS) is 11.7. The molecule has 0 unspecified atom stereocenters. The molecule has 0 saturated heterocycles. The van der Waals surface area contributed by atoms with Crippen molar-refractivity contribution in [2.24, 2.45) is 4.99 Å². The number of rotatable bonds is 8. The second-order valence-electron chi connectivity index (χ2n) is 6.83. The van der Waals surface area contributed by atoms with Gasteiger partial charge >= 0.3 is 0 Å². The van der Waals surface area contributed by atoms with Crippen molar-refractivity contribution in [3.8, 4) is 0 Å².